The number of hydrogen-bond acceptors (Lipinski definition) is 7. The predicted molar refractivity (Wildman–Crippen MR) is 81.2 cm³/mol. The highest BCUT2D eigenvalue weighted by Gasteiger charge is 2.32. The Labute approximate surface area is 148 Å². The smallest absolute Gasteiger partial charge is 0.435 e. The summed E-state index contributed by atoms with van der Waals surface area (Å²) < 4.78 is 48.1. The van der Waals surface area contributed by atoms with Crippen molar-refractivity contribution in [2.24, 2.45) is 0 Å². The molecule has 0 saturated heterocycles. The Kier molecular flexibility index (Phi) is 5.09. The third-order valence-electron chi connectivity index (χ3n) is 2.75. The zero-order valence-corrected chi connectivity index (χ0v) is 13.8. The van der Waals surface area contributed by atoms with Crippen LogP contribution in [0.1, 0.15) is 11.6 Å². The first-order chi connectivity index (χ1) is 11.9. The molecule has 0 aliphatic carbocycles. The maximum absolute atomic E-state index is 12.4. The van der Waals surface area contributed by atoms with Gasteiger partial charge in [-0.2, -0.15) is 13.2 Å². The number of rotatable bonds is 5. The van der Waals surface area contributed by atoms with Gasteiger partial charge in [0.1, 0.15) is 10.8 Å². The largest absolute Gasteiger partial charge is 0.484 e. The van der Waals surface area contributed by atoms with Crippen LogP contribution in [-0.2, 0) is 12.8 Å². The van der Waals surface area contributed by atoms with Crippen LogP contribution in [0.25, 0.3) is 0 Å². The van der Waals surface area contributed by atoms with Crippen LogP contribution in [0.3, 0.4) is 0 Å². The highest BCUT2D eigenvalue weighted by atomic mass is 35.5. The summed E-state index contributed by atoms with van der Waals surface area (Å²) in [6.07, 6.45) is -4.53. The Morgan fingerprint density at radius 3 is 2.40 bits per heavy atom. The second-order valence-corrected chi connectivity index (χ2v) is 5.97. The lowest BCUT2D eigenvalue weighted by Gasteiger charge is -2.04. The molecule has 0 fully saturated rings. The summed E-state index contributed by atoms with van der Waals surface area (Å²) >= 11 is 6.67. The van der Waals surface area contributed by atoms with Crippen LogP contribution in [0.15, 0.2) is 51.1 Å². The summed E-state index contributed by atoms with van der Waals surface area (Å²) in [6.45, 7) is 0.0356. The molecule has 0 saturated carbocycles. The van der Waals surface area contributed by atoms with Crippen molar-refractivity contribution in [1.82, 2.24) is 20.4 Å². The van der Waals surface area contributed by atoms with Gasteiger partial charge in [0.25, 0.3) is 11.1 Å². The molecule has 0 aliphatic rings. The molecule has 11 heteroatoms. The fraction of sp³-hybridized carbons (Fsp3) is 0.143. The standard InChI is InChI=1S/C14H8ClF3N4O2S/c15-8-1-3-9(4-2-8)23-7-11-20-22-13(24-11)25-12-6-5-10(19-21-12)14(16,17)18/h1-6H,7H2. The van der Waals surface area contributed by atoms with E-state index in [1.807, 2.05) is 0 Å². The first-order valence-electron chi connectivity index (χ1n) is 6.70. The zero-order valence-electron chi connectivity index (χ0n) is 12.2. The first-order valence-corrected chi connectivity index (χ1v) is 7.89. The molecular weight excluding hydrogens is 381 g/mol. The number of halogens is 4. The van der Waals surface area contributed by atoms with E-state index in [1.165, 1.54) is 6.07 Å². The molecule has 6 nitrogen and oxygen atoms in total. The second kappa shape index (κ2) is 7.28. The molecule has 0 atom stereocenters. The molecule has 0 amide bonds. The molecule has 2 aromatic heterocycles. The average molecular weight is 389 g/mol. The second-order valence-electron chi connectivity index (χ2n) is 4.56. The highest BCUT2D eigenvalue weighted by molar-refractivity contribution is 7.99. The number of hydrogen-bond donors (Lipinski definition) is 0. The molecule has 0 aliphatic heterocycles. The Balaban J connectivity index is 1.59. The molecule has 3 rings (SSSR count). The SMILES string of the molecule is FC(F)(F)c1ccc(Sc2nnc(COc3ccc(Cl)cc3)o2)nn1. The molecule has 1 aromatic carbocycles. The molecular formula is C14H8ClF3N4O2S. The van der Waals surface area contributed by atoms with Gasteiger partial charge in [-0.15, -0.1) is 20.4 Å². The Bertz CT molecular complexity index is 841. The van der Waals surface area contributed by atoms with E-state index in [-0.39, 0.29) is 22.7 Å². The topological polar surface area (TPSA) is 73.9 Å². The zero-order chi connectivity index (χ0) is 17.9. The van der Waals surface area contributed by atoms with Crippen molar-refractivity contribution in [3.63, 3.8) is 0 Å². The minimum Gasteiger partial charge on any atom is -0.484 e. The third kappa shape index (κ3) is 4.83. The summed E-state index contributed by atoms with van der Waals surface area (Å²) in [7, 11) is 0. The van der Waals surface area contributed by atoms with Gasteiger partial charge in [-0.25, -0.2) is 0 Å². The van der Waals surface area contributed by atoms with E-state index in [2.05, 4.69) is 20.4 Å². The van der Waals surface area contributed by atoms with E-state index in [0.29, 0.717) is 10.8 Å². The van der Waals surface area contributed by atoms with Crippen molar-refractivity contribution in [2.75, 3.05) is 0 Å². The molecule has 0 radical (unpaired) electrons. The van der Waals surface area contributed by atoms with E-state index in [4.69, 9.17) is 20.8 Å². The number of alkyl halides is 3. The van der Waals surface area contributed by atoms with Crippen molar-refractivity contribution in [3.8, 4) is 5.75 Å². The molecule has 25 heavy (non-hydrogen) atoms. The maximum Gasteiger partial charge on any atom is 0.435 e. The van der Waals surface area contributed by atoms with Gasteiger partial charge in [0, 0.05) is 5.02 Å². The molecule has 130 valence electrons. The van der Waals surface area contributed by atoms with Gasteiger partial charge < -0.3 is 9.15 Å². The normalized spacial score (nSPS) is 11.5. The molecule has 0 bridgehead atoms. The summed E-state index contributed by atoms with van der Waals surface area (Å²) in [5, 5.41) is 15.0. The van der Waals surface area contributed by atoms with Crippen LogP contribution < -0.4 is 4.74 Å². The van der Waals surface area contributed by atoms with E-state index >= 15 is 0 Å². The summed E-state index contributed by atoms with van der Waals surface area (Å²) in [5.41, 5.74) is -1.07. The van der Waals surface area contributed by atoms with Crippen LogP contribution in [0.5, 0.6) is 5.75 Å². The quantitative estimate of drug-likeness (QED) is 0.646. The molecule has 0 N–H and O–H groups in total. The van der Waals surface area contributed by atoms with E-state index in [1.54, 1.807) is 24.3 Å². The third-order valence-corrected chi connectivity index (χ3v) is 3.77. The molecule has 0 unspecified atom stereocenters. The van der Waals surface area contributed by atoms with Gasteiger partial charge in [0.2, 0.25) is 0 Å². The van der Waals surface area contributed by atoms with Crippen LogP contribution in [-0.4, -0.2) is 20.4 Å². The van der Waals surface area contributed by atoms with Crippen molar-refractivity contribution in [2.45, 2.75) is 23.0 Å². The minimum absolute atomic E-state index is 0.0356. The van der Waals surface area contributed by atoms with Gasteiger partial charge >= 0.3 is 6.18 Å². The summed E-state index contributed by atoms with van der Waals surface area (Å²) in [4.78, 5) is 0. The monoisotopic (exact) mass is 388 g/mol. The lowest BCUT2D eigenvalue weighted by atomic mass is 10.3. The summed E-state index contributed by atoms with van der Waals surface area (Å²) in [6, 6.07) is 8.73. The first kappa shape index (κ1) is 17.5. The van der Waals surface area contributed by atoms with Crippen LogP contribution in [0.4, 0.5) is 13.2 Å². The average Bonchev–Trinajstić information content (AvgIpc) is 3.01. The predicted octanol–water partition coefficient (Wildman–Crippen LogP) is 4.26. The van der Waals surface area contributed by atoms with Gasteiger partial charge in [-0.1, -0.05) is 11.6 Å². The van der Waals surface area contributed by atoms with E-state index in [0.717, 1.165) is 17.8 Å². The fourth-order valence-electron chi connectivity index (χ4n) is 1.63. The van der Waals surface area contributed by atoms with Crippen LogP contribution >= 0.6 is 23.4 Å². The van der Waals surface area contributed by atoms with Gasteiger partial charge in [0.05, 0.1) is 0 Å². The Morgan fingerprint density at radius 2 is 1.76 bits per heavy atom. The van der Waals surface area contributed by atoms with Crippen molar-refractivity contribution >= 4 is 23.4 Å². The van der Waals surface area contributed by atoms with Crippen LogP contribution in [0, 0.1) is 0 Å². The maximum atomic E-state index is 12.4. The van der Waals surface area contributed by atoms with Gasteiger partial charge in [0.15, 0.2) is 12.3 Å². The molecule has 3 aromatic rings. The number of nitrogens with zero attached hydrogens (tertiary/aromatic N) is 4. The van der Waals surface area contributed by atoms with Crippen LogP contribution in [0.2, 0.25) is 5.02 Å². The lowest BCUT2D eigenvalue weighted by Crippen LogP contribution is -2.08. The van der Waals surface area contributed by atoms with Gasteiger partial charge in [-0.3, -0.25) is 0 Å². The number of ether oxygens (including phenoxy) is 1. The Morgan fingerprint density at radius 1 is 1.00 bits per heavy atom. The van der Waals surface area contributed by atoms with Gasteiger partial charge in [-0.05, 0) is 48.2 Å². The van der Waals surface area contributed by atoms with Crippen molar-refractivity contribution < 1.29 is 22.3 Å². The minimum atomic E-state index is -4.53. The summed E-state index contributed by atoms with van der Waals surface area (Å²) in [5.74, 6) is 0.780. The van der Waals surface area contributed by atoms with Crippen molar-refractivity contribution in [3.05, 3.63) is 53.0 Å². The molecule has 2 heterocycles. The van der Waals surface area contributed by atoms with E-state index in [9.17, 15) is 13.2 Å². The number of benzene rings is 1. The molecule has 0 spiro atoms. The van der Waals surface area contributed by atoms with E-state index < -0.39 is 11.9 Å². The number of aromatic nitrogens is 4. The fourth-order valence-corrected chi connectivity index (χ4v) is 2.37. The van der Waals surface area contributed by atoms with Crippen molar-refractivity contribution in [1.29, 1.82) is 0 Å². The highest BCUT2D eigenvalue weighted by Crippen LogP contribution is 2.29. The lowest BCUT2D eigenvalue weighted by molar-refractivity contribution is -0.141. The Hall–Kier alpha value is -2.33.